The van der Waals surface area contributed by atoms with Crippen molar-refractivity contribution in [1.82, 2.24) is 0 Å². The van der Waals surface area contributed by atoms with E-state index < -0.39 is 5.41 Å². The molecule has 0 unspecified atom stereocenters. The van der Waals surface area contributed by atoms with Gasteiger partial charge in [0, 0.05) is 10.8 Å². The Morgan fingerprint density at radius 3 is 2.37 bits per heavy atom. The molecule has 222 valence electrons. The van der Waals surface area contributed by atoms with E-state index in [0.717, 1.165) is 37.7 Å². The Morgan fingerprint density at radius 1 is 0.927 bits per heavy atom. The summed E-state index contributed by atoms with van der Waals surface area (Å²) in [7, 11) is 0. The van der Waals surface area contributed by atoms with Crippen LogP contribution < -0.4 is 0 Å². The third-order valence-electron chi connectivity index (χ3n) is 14.6. The van der Waals surface area contributed by atoms with Gasteiger partial charge < -0.3 is 9.47 Å². The minimum Gasteiger partial charge on any atom is -0.460 e. The maximum absolute atomic E-state index is 13.6. The van der Waals surface area contributed by atoms with Crippen LogP contribution in [0.4, 0.5) is 0 Å². The molecule has 41 heavy (non-hydrogen) atoms. The quantitative estimate of drug-likeness (QED) is 0.214. The summed E-state index contributed by atoms with van der Waals surface area (Å²) in [6.45, 7) is 17.0. The van der Waals surface area contributed by atoms with Crippen LogP contribution in [0.5, 0.6) is 0 Å². The topological polar surface area (TPSA) is 55.9 Å². The lowest BCUT2D eigenvalue weighted by atomic mass is 9.33. The maximum Gasteiger partial charge on any atom is 0.312 e. The van der Waals surface area contributed by atoms with E-state index in [0.29, 0.717) is 30.1 Å². The van der Waals surface area contributed by atoms with E-state index in [1.165, 1.54) is 19.3 Å². The molecule has 0 bridgehead atoms. The summed E-state index contributed by atoms with van der Waals surface area (Å²) >= 11 is 0. The molecule has 1 heterocycles. The summed E-state index contributed by atoms with van der Waals surface area (Å²) in [5.74, 6) is 1.58. The minimum absolute atomic E-state index is 0.0171. The average molecular weight is 559 g/mol. The molecule has 4 heteroatoms. The van der Waals surface area contributed by atoms with Crippen LogP contribution >= 0.6 is 0 Å². The molecule has 7 rings (SSSR count). The number of hydrogen-bond donors (Lipinski definition) is 0. The van der Waals surface area contributed by atoms with Crippen LogP contribution in [0.2, 0.25) is 0 Å². The summed E-state index contributed by atoms with van der Waals surface area (Å²) in [6, 6.07) is 10.0. The third-order valence-corrected chi connectivity index (χ3v) is 14.6. The Labute approximate surface area is 247 Å². The molecule has 6 aliphatic rings. The number of allylic oxidation sites excluding steroid dienone is 2. The van der Waals surface area contributed by atoms with Crippen molar-refractivity contribution in [2.24, 2.45) is 50.2 Å². The van der Waals surface area contributed by atoms with Gasteiger partial charge in [0.25, 0.3) is 0 Å². The van der Waals surface area contributed by atoms with Crippen molar-refractivity contribution in [3.8, 4) is 0 Å². The van der Waals surface area contributed by atoms with Gasteiger partial charge in [-0.05, 0) is 97.9 Å². The molecule has 1 aromatic carbocycles. The van der Waals surface area contributed by atoms with E-state index >= 15 is 0 Å². The van der Waals surface area contributed by atoms with E-state index in [-0.39, 0.29) is 45.3 Å². The first-order chi connectivity index (χ1) is 19.2. The molecule has 1 aliphatic heterocycles. The first kappa shape index (κ1) is 27.9. The summed E-state index contributed by atoms with van der Waals surface area (Å²) in [5, 5.41) is 0. The molecule has 5 fully saturated rings. The molecule has 0 spiro atoms. The number of epoxide rings is 1. The summed E-state index contributed by atoms with van der Waals surface area (Å²) in [5.41, 5.74) is 2.39. The molecule has 0 aromatic heterocycles. The number of ketones is 1. The molecular weight excluding hydrogens is 508 g/mol. The number of carbonyl (C=O) groups excluding carboxylic acids is 2. The Balaban J connectivity index is 1.20. The lowest BCUT2D eigenvalue weighted by Gasteiger charge is -2.70. The number of rotatable bonds is 3. The van der Waals surface area contributed by atoms with Crippen LogP contribution in [0.25, 0.3) is 0 Å². The molecule has 4 saturated carbocycles. The van der Waals surface area contributed by atoms with Crippen LogP contribution in [0.15, 0.2) is 42.0 Å². The van der Waals surface area contributed by atoms with Crippen LogP contribution in [0.3, 0.4) is 0 Å². The molecule has 10 atom stereocenters. The van der Waals surface area contributed by atoms with E-state index in [2.05, 4.69) is 54.5 Å². The largest absolute Gasteiger partial charge is 0.460 e. The molecule has 1 saturated heterocycles. The second-order valence-corrected chi connectivity index (χ2v) is 16.8. The highest BCUT2D eigenvalue weighted by Crippen LogP contribution is 2.77. The smallest absolute Gasteiger partial charge is 0.312 e. The van der Waals surface area contributed by atoms with Crippen molar-refractivity contribution in [2.75, 3.05) is 0 Å². The number of fused-ring (bicyclic) bond motifs is 9. The Morgan fingerprint density at radius 2 is 1.63 bits per heavy atom. The highest BCUT2D eigenvalue weighted by atomic mass is 16.6. The van der Waals surface area contributed by atoms with Gasteiger partial charge in [-0.3, -0.25) is 9.59 Å². The van der Waals surface area contributed by atoms with Gasteiger partial charge in [0.2, 0.25) is 0 Å². The highest BCUT2D eigenvalue weighted by molar-refractivity contribution is 5.92. The Hall–Kier alpha value is -1.94. The van der Waals surface area contributed by atoms with E-state index in [1.54, 1.807) is 5.57 Å². The molecule has 0 N–H and O–H groups in total. The minimum atomic E-state index is -0.456. The zero-order valence-corrected chi connectivity index (χ0v) is 26.3. The molecular formula is C37H50O4. The number of Topliss-reactive ketones (excluding diaryl/α,β-unsaturated/α-hetero) is 1. The first-order valence-corrected chi connectivity index (χ1v) is 16.3. The fourth-order valence-electron chi connectivity index (χ4n) is 11.6. The number of benzene rings is 1. The predicted octanol–water partition coefficient (Wildman–Crippen LogP) is 8.09. The van der Waals surface area contributed by atoms with Gasteiger partial charge in [-0.15, -0.1) is 0 Å². The van der Waals surface area contributed by atoms with Crippen molar-refractivity contribution < 1.29 is 19.1 Å². The van der Waals surface area contributed by atoms with Gasteiger partial charge in [-0.1, -0.05) is 83.5 Å². The van der Waals surface area contributed by atoms with E-state index in [4.69, 9.17) is 9.47 Å². The van der Waals surface area contributed by atoms with Gasteiger partial charge in [-0.2, -0.15) is 0 Å². The normalized spacial score (nSPS) is 49.3. The average Bonchev–Trinajstić information content (AvgIpc) is 3.75. The molecule has 4 nitrogen and oxygen atoms in total. The SMILES string of the molecule is CC1(C)C(=O)[C@@H]2O[C@@H]2[C@]2(C)[C@H]3CC=C4[C@@H]5C[C@@](C)(C(=O)OCc6ccccc6)CC[C@]5(C)CC[C@@]4(C)[C@]3(C)CC[C@@H]12. The van der Waals surface area contributed by atoms with Crippen molar-refractivity contribution in [2.45, 2.75) is 119 Å². The third kappa shape index (κ3) is 3.55. The molecule has 0 amide bonds. The summed E-state index contributed by atoms with van der Waals surface area (Å²) in [4.78, 5) is 26.9. The predicted molar refractivity (Wildman–Crippen MR) is 160 cm³/mol. The Kier molecular flexibility index (Phi) is 5.83. The fraction of sp³-hybridized carbons (Fsp3) is 0.730. The van der Waals surface area contributed by atoms with Crippen molar-refractivity contribution in [3.63, 3.8) is 0 Å². The zero-order valence-electron chi connectivity index (χ0n) is 26.3. The lowest BCUT2D eigenvalue weighted by Crippen LogP contribution is -2.66. The number of esters is 1. The van der Waals surface area contributed by atoms with Crippen LogP contribution in [-0.2, 0) is 25.7 Å². The Bertz CT molecular complexity index is 1310. The summed E-state index contributed by atoms with van der Waals surface area (Å²) < 4.78 is 12.2. The molecule has 5 aliphatic carbocycles. The van der Waals surface area contributed by atoms with Gasteiger partial charge in [-0.25, -0.2) is 0 Å². The van der Waals surface area contributed by atoms with Crippen LogP contribution in [-0.4, -0.2) is 24.0 Å². The van der Waals surface area contributed by atoms with E-state index in [1.807, 2.05) is 30.3 Å². The lowest BCUT2D eigenvalue weighted by molar-refractivity contribution is -0.183. The number of ether oxygens (including phenoxy) is 2. The number of hydrogen-bond acceptors (Lipinski definition) is 4. The van der Waals surface area contributed by atoms with Crippen molar-refractivity contribution in [3.05, 3.63) is 47.5 Å². The van der Waals surface area contributed by atoms with Crippen molar-refractivity contribution in [1.29, 1.82) is 0 Å². The van der Waals surface area contributed by atoms with Gasteiger partial charge in [0.05, 0.1) is 11.5 Å². The second-order valence-electron chi connectivity index (χ2n) is 16.8. The maximum atomic E-state index is 13.6. The second kappa shape index (κ2) is 8.58. The van der Waals surface area contributed by atoms with Crippen LogP contribution in [0, 0.1) is 50.2 Å². The zero-order chi connectivity index (χ0) is 29.2. The number of carbonyl (C=O) groups is 2. The van der Waals surface area contributed by atoms with E-state index in [9.17, 15) is 9.59 Å². The first-order valence-electron chi connectivity index (χ1n) is 16.3. The highest BCUT2D eigenvalue weighted by Gasteiger charge is 2.76. The van der Waals surface area contributed by atoms with Gasteiger partial charge in [0.15, 0.2) is 5.78 Å². The van der Waals surface area contributed by atoms with Crippen LogP contribution in [0.1, 0.15) is 105 Å². The standard InChI is InChI=1S/C37H50O4/c1-32(2)26-15-16-36(6)27(37(26,7)30-28(41-30)29(32)38)14-13-24-25-21-34(4,18-17-33(25,3)19-20-35(24,36)5)31(39)40-22-23-11-9-8-10-12-23/h8-13,25-28,30H,14-22H2,1-7H3/t25-,26-,27-,28-,30-,33+,34-,35+,36+,37-/m0/s1. The van der Waals surface area contributed by atoms with Gasteiger partial charge in [0.1, 0.15) is 12.7 Å². The van der Waals surface area contributed by atoms with Crippen molar-refractivity contribution >= 4 is 11.8 Å². The molecule has 1 aromatic rings. The van der Waals surface area contributed by atoms with Gasteiger partial charge >= 0.3 is 5.97 Å². The fourth-order valence-corrected chi connectivity index (χ4v) is 11.6. The molecule has 0 radical (unpaired) electrons. The monoisotopic (exact) mass is 558 g/mol. The summed E-state index contributed by atoms with van der Waals surface area (Å²) in [6.07, 6.45) is 11.1.